The Hall–Kier alpha value is -1.77. The lowest BCUT2D eigenvalue weighted by Gasteiger charge is -2.15. The molecule has 1 aliphatic heterocycles. The van der Waals surface area contributed by atoms with Gasteiger partial charge in [0.05, 0.1) is 10.6 Å². The molecule has 1 aromatic heterocycles. The molecule has 8 heteroatoms. The normalized spacial score (nSPS) is 16.0. The molecular formula is C18H23N3O3S2. The van der Waals surface area contributed by atoms with Crippen molar-refractivity contribution in [3.05, 3.63) is 40.9 Å². The topological polar surface area (TPSA) is 79.4 Å². The predicted octanol–water partition coefficient (Wildman–Crippen LogP) is 3.48. The van der Waals surface area contributed by atoms with Crippen LogP contribution in [-0.2, 0) is 15.4 Å². The van der Waals surface area contributed by atoms with Crippen LogP contribution < -0.4 is 5.32 Å². The molecule has 26 heavy (non-hydrogen) atoms. The van der Waals surface area contributed by atoms with Gasteiger partial charge in [0.2, 0.25) is 10.0 Å². The number of rotatable bonds is 4. The molecule has 1 N–H and O–H groups in total. The van der Waals surface area contributed by atoms with E-state index in [0.717, 1.165) is 18.5 Å². The summed E-state index contributed by atoms with van der Waals surface area (Å²) in [6.45, 7) is 7.31. The summed E-state index contributed by atoms with van der Waals surface area (Å²) < 4.78 is 26.5. The van der Waals surface area contributed by atoms with Crippen LogP contribution in [0.3, 0.4) is 0 Å². The molecule has 1 aliphatic rings. The van der Waals surface area contributed by atoms with E-state index in [0.29, 0.717) is 23.8 Å². The van der Waals surface area contributed by atoms with Crippen LogP contribution in [0.2, 0.25) is 0 Å². The van der Waals surface area contributed by atoms with Gasteiger partial charge in [-0.05, 0) is 37.1 Å². The average Bonchev–Trinajstić information content (AvgIpc) is 3.26. The number of nitrogens with zero attached hydrogens (tertiary/aromatic N) is 2. The van der Waals surface area contributed by atoms with Crippen molar-refractivity contribution in [3.63, 3.8) is 0 Å². The maximum Gasteiger partial charge on any atom is 0.257 e. The summed E-state index contributed by atoms with van der Waals surface area (Å²) in [5, 5.41) is 5.24. The molecule has 2 heterocycles. The fourth-order valence-corrected chi connectivity index (χ4v) is 5.15. The van der Waals surface area contributed by atoms with Crippen molar-refractivity contribution in [1.82, 2.24) is 9.29 Å². The van der Waals surface area contributed by atoms with Crippen molar-refractivity contribution in [2.75, 3.05) is 18.4 Å². The lowest BCUT2D eigenvalue weighted by molar-refractivity contribution is 0.102. The summed E-state index contributed by atoms with van der Waals surface area (Å²) >= 11 is 1.38. The highest BCUT2D eigenvalue weighted by molar-refractivity contribution is 7.89. The van der Waals surface area contributed by atoms with E-state index in [9.17, 15) is 13.2 Å². The molecule has 2 aromatic rings. The lowest BCUT2D eigenvalue weighted by Crippen LogP contribution is -2.27. The second-order valence-electron chi connectivity index (χ2n) is 7.38. The monoisotopic (exact) mass is 393 g/mol. The number of benzene rings is 1. The zero-order valence-electron chi connectivity index (χ0n) is 15.2. The molecule has 0 atom stereocenters. The molecule has 3 rings (SSSR count). The Labute approximate surface area is 158 Å². The smallest absolute Gasteiger partial charge is 0.257 e. The highest BCUT2D eigenvalue weighted by Crippen LogP contribution is 2.27. The van der Waals surface area contributed by atoms with Gasteiger partial charge in [-0.15, -0.1) is 11.3 Å². The molecule has 1 aromatic carbocycles. The second kappa shape index (κ2) is 7.09. The largest absolute Gasteiger partial charge is 0.298 e. The highest BCUT2D eigenvalue weighted by atomic mass is 32.2. The zero-order chi connectivity index (χ0) is 18.9. The van der Waals surface area contributed by atoms with Crippen molar-refractivity contribution in [2.45, 2.75) is 43.9 Å². The minimum Gasteiger partial charge on any atom is -0.298 e. The minimum absolute atomic E-state index is 0.0783. The van der Waals surface area contributed by atoms with Gasteiger partial charge in [-0.2, -0.15) is 4.31 Å². The van der Waals surface area contributed by atoms with E-state index in [-0.39, 0.29) is 16.2 Å². The number of carbonyl (C=O) groups excluding carboxylic acids is 1. The molecule has 0 spiro atoms. The predicted molar refractivity (Wildman–Crippen MR) is 103 cm³/mol. The van der Waals surface area contributed by atoms with Gasteiger partial charge in [0.1, 0.15) is 0 Å². The van der Waals surface area contributed by atoms with Gasteiger partial charge in [0, 0.05) is 29.4 Å². The van der Waals surface area contributed by atoms with Crippen LogP contribution in [0.1, 0.15) is 49.7 Å². The zero-order valence-corrected chi connectivity index (χ0v) is 16.8. The third kappa shape index (κ3) is 3.97. The Morgan fingerprint density at radius 3 is 2.31 bits per heavy atom. The summed E-state index contributed by atoms with van der Waals surface area (Å²) in [4.78, 5) is 17.0. The SMILES string of the molecule is CC(C)(C)c1csc(NC(=O)c2ccc(S(=O)(=O)N3CCCC3)cc2)n1. The van der Waals surface area contributed by atoms with Gasteiger partial charge in [-0.25, -0.2) is 13.4 Å². The molecular weight excluding hydrogens is 370 g/mol. The molecule has 0 aliphatic carbocycles. The number of anilines is 1. The number of amides is 1. The maximum absolute atomic E-state index is 12.5. The van der Waals surface area contributed by atoms with Crippen LogP contribution >= 0.6 is 11.3 Å². The Bertz CT molecular complexity index is 891. The summed E-state index contributed by atoms with van der Waals surface area (Å²) in [7, 11) is -3.46. The molecule has 6 nitrogen and oxygen atoms in total. The lowest BCUT2D eigenvalue weighted by atomic mass is 9.93. The second-order valence-corrected chi connectivity index (χ2v) is 10.2. The third-order valence-corrected chi connectivity index (χ3v) is 6.98. The molecule has 0 saturated carbocycles. The Morgan fingerprint density at radius 2 is 1.77 bits per heavy atom. The highest BCUT2D eigenvalue weighted by Gasteiger charge is 2.27. The number of hydrogen-bond donors (Lipinski definition) is 1. The first-order chi connectivity index (χ1) is 12.2. The molecule has 0 unspecified atom stereocenters. The Morgan fingerprint density at radius 1 is 1.15 bits per heavy atom. The number of hydrogen-bond acceptors (Lipinski definition) is 5. The standard InChI is InChI=1S/C18H23N3O3S2/c1-18(2,3)15-12-25-17(19-15)20-16(22)13-6-8-14(9-7-13)26(23,24)21-10-4-5-11-21/h6-9,12H,4-5,10-11H2,1-3H3,(H,19,20,22). The van der Waals surface area contributed by atoms with Crippen LogP contribution in [0.25, 0.3) is 0 Å². The van der Waals surface area contributed by atoms with Crippen molar-refractivity contribution in [1.29, 1.82) is 0 Å². The van der Waals surface area contributed by atoms with Gasteiger partial charge in [-0.3, -0.25) is 10.1 Å². The van der Waals surface area contributed by atoms with Crippen molar-refractivity contribution in [3.8, 4) is 0 Å². The Balaban J connectivity index is 1.72. The minimum atomic E-state index is -3.46. The van der Waals surface area contributed by atoms with E-state index in [2.05, 4.69) is 31.1 Å². The van der Waals surface area contributed by atoms with E-state index in [1.807, 2.05) is 5.38 Å². The molecule has 1 saturated heterocycles. The fraction of sp³-hybridized carbons (Fsp3) is 0.444. The van der Waals surface area contributed by atoms with Gasteiger partial charge in [-0.1, -0.05) is 20.8 Å². The molecule has 0 bridgehead atoms. The quantitative estimate of drug-likeness (QED) is 0.862. The van der Waals surface area contributed by atoms with E-state index in [1.165, 1.54) is 39.9 Å². The third-order valence-electron chi connectivity index (χ3n) is 4.31. The summed E-state index contributed by atoms with van der Waals surface area (Å²) in [5.41, 5.74) is 1.24. The van der Waals surface area contributed by atoms with Gasteiger partial charge in [0.15, 0.2) is 5.13 Å². The molecule has 0 radical (unpaired) electrons. The Kier molecular flexibility index (Phi) is 5.18. The van der Waals surface area contributed by atoms with Crippen LogP contribution in [0.15, 0.2) is 34.5 Å². The molecule has 1 amide bonds. The number of aromatic nitrogens is 1. The summed E-state index contributed by atoms with van der Waals surface area (Å²) in [6, 6.07) is 6.06. The summed E-state index contributed by atoms with van der Waals surface area (Å²) in [5.74, 6) is -0.301. The average molecular weight is 394 g/mol. The van der Waals surface area contributed by atoms with Crippen LogP contribution in [0, 0.1) is 0 Å². The van der Waals surface area contributed by atoms with Crippen molar-refractivity contribution >= 4 is 32.4 Å². The first kappa shape index (κ1) is 19.0. The first-order valence-electron chi connectivity index (χ1n) is 8.55. The van der Waals surface area contributed by atoms with Gasteiger partial charge >= 0.3 is 0 Å². The summed E-state index contributed by atoms with van der Waals surface area (Å²) in [6.07, 6.45) is 1.79. The number of nitrogens with one attached hydrogen (secondary N) is 1. The first-order valence-corrected chi connectivity index (χ1v) is 10.9. The van der Waals surface area contributed by atoms with Crippen LogP contribution in [0.5, 0.6) is 0 Å². The van der Waals surface area contributed by atoms with E-state index < -0.39 is 10.0 Å². The fourth-order valence-electron chi connectivity index (χ4n) is 2.70. The van der Waals surface area contributed by atoms with Crippen LogP contribution in [-0.4, -0.2) is 36.7 Å². The van der Waals surface area contributed by atoms with Gasteiger partial charge < -0.3 is 0 Å². The number of thiazole rings is 1. The number of sulfonamides is 1. The van der Waals surface area contributed by atoms with E-state index in [4.69, 9.17) is 0 Å². The van der Waals surface area contributed by atoms with E-state index >= 15 is 0 Å². The molecule has 1 fully saturated rings. The number of carbonyl (C=O) groups is 1. The van der Waals surface area contributed by atoms with E-state index in [1.54, 1.807) is 0 Å². The molecule has 140 valence electrons. The van der Waals surface area contributed by atoms with Crippen molar-refractivity contribution < 1.29 is 13.2 Å². The maximum atomic E-state index is 12.5. The van der Waals surface area contributed by atoms with Gasteiger partial charge in [0.25, 0.3) is 5.91 Å². The van der Waals surface area contributed by atoms with Crippen LogP contribution in [0.4, 0.5) is 5.13 Å². The van der Waals surface area contributed by atoms with Crippen molar-refractivity contribution in [2.24, 2.45) is 0 Å².